The lowest BCUT2D eigenvalue weighted by atomic mass is 9.83. The van der Waals surface area contributed by atoms with Gasteiger partial charge in [0.2, 0.25) is 8.32 Å². The normalized spacial score (nSPS) is 22.6. The van der Waals surface area contributed by atoms with Crippen molar-refractivity contribution in [1.29, 1.82) is 0 Å². The van der Waals surface area contributed by atoms with Crippen molar-refractivity contribution in [3.8, 4) is 0 Å². The molecule has 0 N–H and O–H groups in total. The van der Waals surface area contributed by atoms with Gasteiger partial charge >= 0.3 is 6.18 Å². The monoisotopic (exact) mass is 364 g/mol. The van der Waals surface area contributed by atoms with E-state index in [1.807, 2.05) is 33.9 Å². The molecule has 0 aromatic carbocycles. The molecule has 0 radical (unpaired) electrons. The van der Waals surface area contributed by atoms with E-state index in [-0.39, 0.29) is 11.0 Å². The molecule has 0 bridgehead atoms. The van der Waals surface area contributed by atoms with Gasteiger partial charge in [-0.2, -0.15) is 13.2 Å². The van der Waals surface area contributed by atoms with Crippen molar-refractivity contribution in [3.63, 3.8) is 0 Å². The van der Waals surface area contributed by atoms with Crippen molar-refractivity contribution in [2.45, 2.75) is 77.2 Å². The average molecular weight is 365 g/mol. The molecule has 2 nitrogen and oxygen atoms in total. The van der Waals surface area contributed by atoms with Gasteiger partial charge in [0, 0.05) is 0 Å². The van der Waals surface area contributed by atoms with Crippen LogP contribution in [0.4, 0.5) is 13.2 Å². The Balaban J connectivity index is 2.96. The third-order valence-electron chi connectivity index (χ3n) is 5.10. The zero-order chi connectivity index (χ0) is 18.6. The lowest BCUT2D eigenvalue weighted by Crippen LogP contribution is -2.42. The van der Waals surface area contributed by atoms with E-state index in [0.717, 1.165) is 31.3 Å². The van der Waals surface area contributed by atoms with Crippen LogP contribution in [-0.4, -0.2) is 21.6 Å². The van der Waals surface area contributed by atoms with E-state index in [9.17, 15) is 13.2 Å². The minimum absolute atomic E-state index is 0.110. The lowest BCUT2D eigenvalue weighted by Gasteiger charge is -2.37. The zero-order valence-electron chi connectivity index (χ0n) is 15.7. The molecule has 1 fully saturated rings. The second-order valence-corrected chi connectivity index (χ2v) is 12.8. The first-order valence-corrected chi connectivity index (χ1v) is 11.5. The Morgan fingerprint density at radius 1 is 1.21 bits per heavy atom. The summed E-state index contributed by atoms with van der Waals surface area (Å²) in [5.41, 5.74) is 1.11. The second kappa shape index (κ2) is 7.98. The molecule has 1 rings (SSSR count). The fraction of sp³-hybridized carbons (Fsp3) is 0.778. The minimum Gasteiger partial charge on any atom is -0.540 e. The van der Waals surface area contributed by atoms with E-state index in [4.69, 9.17) is 9.16 Å². The quantitative estimate of drug-likeness (QED) is 0.406. The summed E-state index contributed by atoms with van der Waals surface area (Å²) >= 11 is 0. The summed E-state index contributed by atoms with van der Waals surface area (Å²) in [6.07, 6.45) is 2.76. The van der Waals surface area contributed by atoms with Gasteiger partial charge in [-0.15, -0.1) is 0 Å². The lowest BCUT2D eigenvalue weighted by molar-refractivity contribution is -0.118. The third kappa shape index (κ3) is 5.87. The molecule has 140 valence electrons. The third-order valence-corrected chi connectivity index (χ3v) is 9.44. The molecule has 0 saturated heterocycles. The van der Waals surface area contributed by atoms with Crippen LogP contribution < -0.4 is 0 Å². The van der Waals surface area contributed by atoms with Crippen molar-refractivity contribution < 1.29 is 22.3 Å². The number of halogens is 3. The fourth-order valence-electron chi connectivity index (χ4n) is 2.58. The van der Waals surface area contributed by atoms with Crippen molar-refractivity contribution in [2.24, 2.45) is 5.92 Å². The van der Waals surface area contributed by atoms with Crippen molar-refractivity contribution in [1.82, 2.24) is 0 Å². The maximum absolute atomic E-state index is 13.4. The Labute approximate surface area is 145 Å². The summed E-state index contributed by atoms with van der Waals surface area (Å²) in [4.78, 5) is 0. The molecule has 0 amide bonds. The van der Waals surface area contributed by atoms with E-state index in [2.05, 4.69) is 0 Å². The van der Waals surface area contributed by atoms with Crippen LogP contribution in [-0.2, 0) is 9.16 Å². The van der Waals surface area contributed by atoms with Crippen LogP contribution in [0.5, 0.6) is 0 Å². The summed E-state index contributed by atoms with van der Waals surface area (Å²) in [6, 6.07) is 0. The maximum Gasteiger partial charge on any atom is 0.447 e. The Morgan fingerprint density at radius 3 is 2.33 bits per heavy atom. The van der Waals surface area contributed by atoms with Crippen LogP contribution >= 0.6 is 0 Å². The number of hydrogen-bond acceptors (Lipinski definition) is 2. The number of hydrogen-bond donors (Lipinski definition) is 0. The molecule has 0 aromatic rings. The van der Waals surface area contributed by atoms with Gasteiger partial charge in [0.15, 0.2) is 5.76 Å². The molecule has 0 spiro atoms. The van der Waals surface area contributed by atoms with E-state index in [1.165, 1.54) is 6.08 Å². The van der Waals surface area contributed by atoms with Crippen LogP contribution in [0.3, 0.4) is 0 Å². The molecule has 0 heterocycles. The van der Waals surface area contributed by atoms with Gasteiger partial charge in [0.25, 0.3) is 0 Å². The maximum atomic E-state index is 13.4. The Hall–Kier alpha value is -0.913. The predicted molar refractivity (Wildman–Crippen MR) is 94.1 cm³/mol. The highest BCUT2D eigenvalue weighted by Crippen LogP contribution is 2.41. The Kier molecular flexibility index (Phi) is 7.02. The number of rotatable bonds is 5. The Morgan fingerprint density at radius 2 is 1.83 bits per heavy atom. The molecule has 1 unspecified atom stereocenters. The molecule has 1 saturated carbocycles. The van der Waals surface area contributed by atoms with Gasteiger partial charge in [-0.1, -0.05) is 27.2 Å². The standard InChI is InChI=1S/C18H31F3O2Si/c1-17(2,3)24(5,6)23-16(18(19,20)21)12-11-14-9-7-8-10-15(14)13-22-4/h12-14H,7-11H2,1-6H3/b15-13-,16-12-. The minimum atomic E-state index is -4.45. The van der Waals surface area contributed by atoms with Crippen LogP contribution in [0.25, 0.3) is 0 Å². The van der Waals surface area contributed by atoms with Crippen molar-refractivity contribution >= 4 is 8.32 Å². The predicted octanol–water partition coefficient (Wildman–Crippen LogP) is 6.57. The molecule has 6 heteroatoms. The number of methoxy groups -OCH3 is 1. The van der Waals surface area contributed by atoms with Crippen molar-refractivity contribution in [2.75, 3.05) is 7.11 Å². The SMILES string of the molecule is CO/C=C1/CCCCC1C/C=C(\O[Si](C)(C)C(C)(C)C)C(F)(F)F. The number of ether oxygens (including phenoxy) is 1. The van der Waals surface area contributed by atoms with Gasteiger partial charge in [0.1, 0.15) is 0 Å². The topological polar surface area (TPSA) is 18.5 Å². The van der Waals surface area contributed by atoms with Gasteiger partial charge in [-0.3, -0.25) is 0 Å². The van der Waals surface area contributed by atoms with E-state index in [1.54, 1.807) is 13.4 Å². The van der Waals surface area contributed by atoms with Crippen LogP contribution in [0.1, 0.15) is 52.9 Å². The number of allylic oxidation sites excluding steroid dienone is 3. The van der Waals surface area contributed by atoms with E-state index < -0.39 is 20.3 Å². The van der Waals surface area contributed by atoms with Crippen LogP contribution in [0.15, 0.2) is 23.7 Å². The highest BCUT2D eigenvalue weighted by molar-refractivity contribution is 6.74. The second-order valence-electron chi connectivity index (χ2n) is 8.04. The molecule has 1 aliphatic rings. The van der Waals surface area contributed by atoms with Crippen LogP contribution in [0, 0.1) is 5.92 Å². The van der Waals surface area contributed by atoms with E-state index in [0.29, 0.717) is 6.42 Å². The summed E-state index contributed by atoms with van der Waals surface area (Å²) in [5.74, 6) is -0.713. The van der Waals surface area contributed by atoms with Crippen LogP contribution in [0.2, 0.25) is 18.1 Å². The smallest absolute Gasteiger partial charge is 0.447 e. The first-order chi connectivity index (χ1) is 10.9. The van der Waals surface area contributed by atoms with Gasteiger partial charge in [-0.25, -0.2) is 0 Å². The molecule has 24 heavy (non-hydrogen) atoms. The highest BCUT2D eigenvalue weighted by atomic mass is 28.4. The van der Waals surface area contributed by atoms with Crippen molar-refractivity contribution in [3.05, 3.63) is 23.7 Å². The molecule has 1 aliphatic carbocycles. The van der Waals surface area contributed by atoms with Gasteiger partial charge < -0.3 is 9.16 Å². The number of alkyl halides is 3. The molecule has 1 atom stereocenters. The van der Waals surface area contributed by atoms with E-state index >= 15 is 0 Å². The summed E-state index contributed by atoms with van der Waals surface area (Å²) in [7, 11) is -0.945. The molecule has 0 aromatic heterocycles. The first kappa shape index (κ1) is 21.1. The van der Waals surface area contributed by atoms with Gasteiger partial charge in [0.05, 0.1) is 13.4 Å². The summed E-state index contributed by atoms with van der Waals surface area (Å²) in [5, 5.41) is -0.275. The molecular formula is C18H31F3O2Si. The molecule has 0 aliphatic heterocycles. The largest absolute Gasteiger partial charge is 0.540 e. The summed E-state index contributed by atoms with van der Waals surface area (Å²) < 4.78 is 50.9. The first-order valence-electron chi connectivity index (χ1n) is 8.56. The molecular weight excluding hydrogens is 333 g/mol. The van der Waals surface area contributed by atoms with Gasteiger partial charge in [-0.05, 0) is 61.4 Å². The average Bonchev–Trinajstić information content (AvgIpc) is 2.42. The fourth-order valence-corrected chi connectivity index (χ4v) is 3.63. The highest BCUT2D eigenvalue weighted by Gasteiger charge is 2.45. The Bertz CT molecular complexity index is 474. The summed E-state index contributed by atoms with van der Waals surface area (Å²) in [6.45, 7) is 9.49. The zero-order valence-corrected chi connectivity index (χ0v) is 16.7.